The van der Waals surface area contributed by atoms with Gasteiger partial charge in [0.25, 0.3) is 0 Å². The molecule has 6 heteroatoms. The molecule has 1 aliphatic rings. The summed E-state index contributed by atoms with van der Waals surface area (Å²) in [6.45, 7) is 11.3. The predicted molar refractivity (Wildman–Crippen MR) is 120 cm³/mol. The largest absolute Gasteiger partial charge is 0.373 e. The third-order valence-electron chi connectivity index (χ3n) is 6.48. The van der Waals surface area contributed by atoms with Gasteiger partial charge in [-0.3, -0.25) is 9.78 Å². The van der Waals surface area contributed by atoms with Crippen LogP contribution in [0.25, 0.3) is 0 Å². The van der Waals surface area contributed by atoms with E-state index in [1.807, 2.05) is 65.8 Å². The quantitative estimate of drug-likeness (QED) is 0.412. The van der Waals surface area contributed by atoms with Crippen LogP contribution in [0.2, 0.25) is 0 Å². The molecule has 0 heterocycles. The molecule has 0 bridgehead atoms. The molecule has 172 valence electrons. The van der Waals surface area contributed by atoms with Crippen molar-refractivity contribution >= 4 is 11.9 Å². The van der Waals surface area contributed by atoms with Crippen LogP contribution < -0.4 is 0 Å². The van der Waals surface area contributed by atoms with Gasteiger partial charge in [0.05, 0.1) is 11.1 Å². The van der Waals surface area contributed by atoms with Crippen LogP contribution in [0.15, 0.2) is 36.4 Å². The first-order chi connectivity index (χ1) is 15.0. The van der Waals surface area contributed by atoms with E-state index in [2.05, 4.69) is 0 Å². The summed E-state index contributed by atoms with van der Waals surface area (Å²) in [6, 6.07) is 11.0. The van der Waals surface area contributed by atoms with E-state index in [0.717, 1.165) is 35.1 Å². The second-order valence-corrected chi connectivity index (χ2v) is 9.21. The van der Waals surface area contributed by atoms with Crippen molar-refractivity contribution in [1.82, 2.24) is 0 Å². The molecule has 2 atom stereocenters. The standard InChI is InChI=1S/C26H32O6/c1-17-9-11-21(19(3)15-17)23(27)29-31-25(5)13-7-8-14-26(25,6)32-30-24(28)22-12-10-18(2)16-20(22)4/h9-12,15-16H,7-8,13-14H2,1-6H3. The average Bonchev–Trinajstić information content (AvgIpc) is 2.73. The molecule has 32 heavy (non-hydrogen) atoms. The maximum absolute atomic E-state index is 12.6. The van der Waals surface area contributed by atoms with Gasteiger partial charge < -0.3 is 0 Å². The van der Waals surface area contributed by atoms with Gasteiger partial charge in [-0.05, 0) is 77.6 Å². The third kappa shape index (κ3) is 5.03. The summed E-state index contributed by atoms with van der Waals surface area (Å²) in [5.74, 6) is -1.13. The Morgan fingerprint density at radius 2 is 1.06 bits per heavy atom. The number of hydrogen-bond acceptors (Lipinski definition) is 6. The van der Waals surface area contributed by atoms with Crippen LogP contribution in [-0.2, 0) is 19.6 Å². The second kappa shape index (κ2) is 9.43. The number of carbonyl (C=O) groups excluding carboxylic acids is 2. The first kappa shape index (κ1) is 24.0. The van der Waals surface area contributed by atoms with Crippen LogP contribution in [0, 0.1) is 27.7 Å². The molecule has 0 spiro atoms. The Morgan fingerprint density at radius 3 is 1.41 bits per heavy atom. The second-order valence-electron chi connectivity index (χ2n) is 9.21. The minimum Gasteiger partial charge on any atom is -0.292 e. The van der Waals surface area contributed by atoms with Gasteiger partial charge in [0, 0.05) is 0 Å². The smallest absolute Gasteiger partial charge is 0.292 e. The molecule has 0 aliphatic heterocycles. The van der Waals surface area contributed by atoms with Gasteiger partial charge in [0.1, 0.15) is 11.2 Å². The summed E-state index contributed by atoms with van der Waals surface area (Å²) >= 11 is 0. The summed E-state index contributed by atoms with van der Waals surface area (Å²) in [5, 5.41) is 0. The summed E-state index contributed by atoms with van der Waals surface area (Å²) < 4.78 is 0. The lowest BCUT2D eigenvalue weighted by Gasteiger charge is -2.45. The highest BCUT2D eigenvalue weighted by Crippen LogP contribution is 2.43. The molecule has 2 unspecified atom stereocenters. The zero-order valence-corrected chi connectivity index (χ0v) is 19.7. The zero-order valence-electron chi connectivity index (χ0n) is 19.7. The molecule has 2 aromatic rings. The van der Waals surface area contributed by atoms with Crippen molar-refractivity contribution < 1.29 is 29.1 Å². The summed E-state index contributed by atoms with van der Waals surface area (Å²) in [7, 11) is 0. The Morgan fingerprint density at radius 1 is 0.688 bits per heavy atom. The molecule has 1 fully saturated rings. The Hall–Kier alpha value is -2.70. The van der Waals surface area contributed by atoms with Crippen molar-refractivity contribution in [3.8, 4) is 0 Å². The van der Waals surface area contributed by atoms with Crippen LogP contribution >= 0.6 is 0 Å². The summed E-state index contributed by atoms with van der Waals surface area (Å²) in [4.78, 5) is 47.1. The number of rotatable bonds is 6. The van der Waals surface area contributed by atoms with E-state index >= 15 is 0 Å². The average molecular weight is 441 g/mol. The van der Waals surface area contributed by atoms with Gasteiger partial charge in [-0.2, -0.15) is 9.78 Å². The van der Waals surface area contributed by atoms with E-state index in [9.17, 15) is 9.59 Å². The van der Waals surface area contributed by atoms with E-state index in [1.165, 1.54) is 0 Å². The van der Waals surface area contributed by atoms with E-state index in [-0.39, 0.29) is 0 Å². The highest BCUT2D eigenvalue weighted by atomic mass is 17.2. The molecule has 0 amide bonds. The van der Waals surface area contributed by atoms with Crippen molar-refractivity contribution in [3.05, 3.63) is 69.8 Å². The highest BCUT2D eigenvalue weighted by molar-refractivity contribution is 5.91. The fraction of sp³-hybridized carbons (Fsp3) is 0.462. The first-order valence-electron chi connectivity index (χ1n) is 11.0. The Balaban J connectivity index is 1.70. The van der Waals surface area contributed by atoms with Crippen LogP contribution in [0.5, 0.6) is 0 Å². The molecule has 1 saturated carbocycles. The normalized spacial score (nSPS) is 22.9. The maximum atomic E-state index is 12.6. The molecule has 0 aromatic heterocycles. The van der Waals surface area contributed by atoms with Crippen molar-refractivity contribution in [2.75, 3.05) is 0 Å². The van der Waals surface area contributed by atoms with E-state index in [1.54, 1.807) is 12.1 Å². The SMILES string of the molecule is Cc1ccc(C(=O)OOC2(C)CCCCC2(C)OOC(=O)c2ccc(C)cc2C)c(C)c1. The van der Waals surface area contributed by atoms with Crippen LogP contribution in [-0.4, -0.2) is 23.1 Å². The molecule has 3 rings (SSSR count). The maximum Gasteiger partial charge on any atom is 0.373 e. The van der Waals surface area contributed by atoms with Crippen LogP contribution in [0.4, 0.5) is 0 Å². The minimum atomic E-state index is -0.984. The van der Waals surface area contributed by atoms with Gasteiger partial charge in [-0.15, -0.1) is 0 Å². The van der Waals surface area contributed by atoms with E-state index in [0.29, 0.717) is 24.0 Å². The van der Waals surface area contributed by atoms with Crippen molar-refractivity contribution in [2.24, 2.45) is 0 Å². The highest BCUT2D eigenvalue weighted by Gasteiger charge is 2.53. The van der Waals surface area contributed by atoms with Gasteiger partial charge in [0.15, 0.2) is 0 Å². The zero-order chi connectivity index (χ0) is 23.5. The lowest BCUT2D eigenvalue weighted by molar-refractivity contribution is -0.418. The summed E-state index contributed by atoms with van der Waals surface area (Å²) in [6.07, 6.45) is 2.93. The lowest BCUT2D eigenvalue weighted by Crippen LogP contribution is -2.56. The van der Waals surface area contributed by atoms with Crippen molar-refractivity contribution in [1.29, 1.82) is 0 Å². The Bertz CT molecular complexity index is 932. The third-order valence-corrected chi connectivity index (χ3v) is 6.48. The molecule has 2 aromatic carbocycles. The molecular weight excluding hydrogens is 408 g/mol. The number of aryl methyl sites for hydroxylation is 4. The van der Waals surface area contributed by atoms with Crippen molar-refractivity contribution in [2.45, 2.75) is 78.4 Å². The fourth-order valence-corrected chi connectivity index (χ4v) is 4.15. The van der Waals surface area contributed by atoms with E-state index in [4.69, 9.17) is 19.6 Å². The monoisotopic (exact) mass is 440 g/mol. The molecule has 6 nitrogen and oxygen atoms in total. The van der Waals surface area contributed by atoms with E-state index < -0.39 is 23.1 Å². The molecule has 0 N–H and O–H groups in total. The molecule has 0 radical (unpaired) electrons. The molecule has 1 aliphatic carbocycles. The van der Waals surface area contributed by atoms with Gasteiger partial charge in [-0.25, -0.2) is 9.59 Å². The predicted octanol–water partition coefficient (Wildman–Crippen LogP) is 5.89. The fourth-order valence-electron chi connectivity index (χ4n) is 4.15. The topological polar surface area (TPSA) is 71.1 Å². The summed E-state index contributed by atoms with van der Waals surface area (Å²) in [5.41, 5.74) is 2.67. The van der Waals surface area contributed by atoms with Gasteiger partial charge >= 0.3 is 11.9 Å². The van der Waals surface area contributed by atoms with Crippen LogP contribution in [0.3, 0.4) is 0 Å². The van der Waals surface area contributed by atoms with Crippen molar-refractivity contribution in [3.63, 3.8) is 0 Å². The Kier molecular flexibility index (Phi) is 7.06. The van der Waals surface area contributed by atoms with Crippen LogP contribution in [0.1, 0.15) is 82.5 Å². The lowest BCUT2D eigenvalue weighted by atomic mass is 9.74. The van der Waals surface area contributed by atoms with Gasteiger partial charge in [-0.1, -0.05) is 48.2 Å². The molecular formula is C26H32O6. The number of benzene rings is 2. The Labute approximate surface area is 189 Å². The number of carbonyl (C=O) groups is 2. The minimum absolute atomic E-state index is 0.443. The number of hydrogen-bond donors (Lipinski definition) is 0. The molecule has 0 saturated heterocycles. The first-order valence-corrected chi connectivity index (χ1v) is 11.0. The van der Waals surface area contributed by atoms with Gasteiger partial charge in [0.2, 0.25) is 0 Å².